The van der Waals surface area contributed by atoms with Gasteiger partial charge in [0.1, 0.15) is 6.04 Å². The fourth-order valence-electron chi connectivity index (χ4n) is 4.09. The zero-order valence-corrected chi connectivity index (χ0v) is 22.4. The van der Waals surface area contributed by atoms with E-state index in [0.717, 1.165) is 24.0 Å². The Kier molecular flexibility index (Phi) is 10.3. The fourth-order valence-corrected chi connectivity index (χ4v) is 5.74. The van der Waals surface area contributed by atoms with Crippen LogP contribution in [-0.2, 0) is 37.3 Å². The van der Waals surface area contributed by atoms with E-state index in [9.17, 15) is 18.0 Å². The maximum atomic E-state index is 13.3. The average molecular weight is 536 g/mol. The Hall–Kier alpha value is -2.46. The number of carbonyl (C=O) groups excluding carboxylic acids is 2. The van der Waals surface area contributed by atoms with Crippen LogP contribution in [0.3, 0.4) is 0 Å². The maximum absolute atomic E-state index is 13.3. The Labute approximate surface area is 218 Å². The molecule has 2 amide bonds. The molecule has 3 rings (SSSR count). The molecule has 1 N–H and O–H groups in total. The molecule has 1 saturated heterocycles. The molecule has 0 saturated carbocycles. The normalized spacial score (nSPS) is 15.0. The van der Waals surface area contributed by atoms with E-state index >= 15 is 0 Å². The Balaban J connectivity index is 1.67. The summed E-state index contributed by atoms with van der Waals surface area (Å²) in [6.45, 7) is 3.82. The predicted octanol–water partition coefficient (Wildman–Crippen LogP) is 3.24. The summed E-state index contributed by atoms with van der Waals surface area (Å²) in [6, 6.07) is 13.2. The summed E-state index contributed by atoms with van der Waals surface area (Å²) in [5.41, 5.74) is 1.72. The van der Waals surface area contributed by atoms with Crippen LogP contribution < -0.4 is 5.32 Å². The van der Waals surface area contributed by atoms with E-state index in [2.05, 4.69) is 5.32 Å². The third kappa shape index (κ3) is 7.52. The van der Waals surface area contributed by atoms with Crippen molar-refractivity contribution in [2.24, 2.45) is 0 Å². The van der Waals surface area contributed by atoms with E-state index in [0.29, 0.717) is 37.7 Å². The second kappa shape index (κ2) is 13.2. The molecular weight excluding hydrogens is 502 g/mol. The van der Waals surface area contributed by atoms with Crippen molar-refractivity contribution >= 4 is 33.4 Å². The fraction of sp³-hybridized carbons (Fsp3) is 0.462. The van der Waals surface area contributed by atoms with Crippen molar-refractivity contribution in [1.82, 2.24) is 14.5 Å². The molecular formula is C26H34ClN3O5S. The first-order valence-corrected chi connectivity index (χ1v) is 13.9. The Morgan fingerprint density at radius 1 is 1.06 bits per heavy atom. The summed E-state index contributed by atoms with van der Waals surface area (Å²) in [6.07, 6.45) is 2.38. The van der Waals surface area contributed by atoms with Crippen molar-refractivity contribution < 1.29 is 22.7 Å². The van der Waals surface area contributed by atoms with Crippen molar-refractivity contribution in [2.45, 2.75) is 50.1 Å². The molecule has 196 valence electrons. The van der Waals surface area contributed by atoms with Crippen LogP contribution in [-0.4, -0.2) is 68.8 Å². The minimum atomic E-state index is -3.47. The summed E-state index contributed by atoms with van der Waals surface area (Å²) in [5.74, 6) is -0.432. The predicted molar refractivity (Wildman–Crippen MR) is 139 cm³/mol. The SMILES string of the molecule is COCCNC(=O)C(C)N(Cc1ccc(Cl)cc1)C(=O)CCc1ccc(S(=O)(=O)N2CCCC2)cc1. The molecule has 0 bridgehead atoms. The zero-order chi connectivity index (χ0) is 26.1. The smallest absolute Gasteiger partial charge is 0.243 e. The highest BCUT2D eigenvalue weighted by Gasteiger charge is 2.28. The molecule has 0 spiro atoms. The zero-order valence-electron chi connectivity index (χ0n) is 20.8. The number of benzene rings is 2. The number of hydrogen-bond donors (Lipinski definition) is 1. The van der Waals surface area contributed by atoms with Crippen LogP contribution in [0.15, 0.2) is 53.4 Å². The minimum absolute atomic E-state index is 0.173. The number of carbonyl (C=O) groups is 2. The first-order valence-electron chi connectivity index (χ1n) is 12.1. The molecule has 0 aromatic heterocycles. The van der Waals surface area contributed by atoms with Gasteiger partial charge in [-0.15, -0.1) is 0 Å². The van der Waals surface area contributed by atoms with E-state index in [1.165, 1.54) is 4.31 Å². The van der Waals surface area contributed by atoms with Gasteiger partial charge >= 0.3 is 0 Å². The molecule has 1 fully saturated rings. The van der Waals surface area contributed by atoms with Gasteiger partial charge in [-0.25, -0.2) is 8.42 Å². The molecule has 1 heterocycles. The lowest BCUT2D eigenvalue weighted by Crippen LogP contribution is -2.48. The summed E-state index contributed by atoms with van der Waals surface area (Å²) >= 11 is 5.99. The molecule has 2 aromatic rings. The van der Waals surface area contributed by atoms with Gasteiger partial charge in [0, 0.05) is 44.7 Å². The van der Waals surface area contributed by atoms with Crippen molar-refractivity contribution in [2.75, 3.05) is 33.4 Å². The van der Waals surface area contributed by atoms with Crippen molar-refractivity contribution in [3.05, 3.63) is 64.7 Å². The number of rotatable bonds is 12. The van der Waals surface area contributed by atoms with Gasteiger partial charge in [0.2, 0.25) is 21.8 Å². The number of sulfonamides is 1. The van der Waals surface area contributed by atoms with Crippen molar-refractivity contribution in [3.63, 3.8) is 0 Å². The number of amides is 2. The van der Waals surface area contributed by atoms with Crippen LogP contribution in [0.4, 0.5) is 0 Å². The number of halogens is 1. The lowest BCUT2D eigenvalue weighted by molar-refractivity contribution is -0.140. The first kappa shape index (κ1) is 28.1. The van der Waals surface area contributed by atoms with Crippen molar-refractivity contribution in [1.29, 1.82) is 0 Å². The van der Waals surface area contributed by atoms with Gasteiger partial charge in [-0.3, -0.25) is 9.59 Å². The van der Waals surface area contributed by atoms with Crippen LogP contribution in [0.25, 0.3) is 0 Å². The number of nitrogens with zero attached hydrogens (tertiary/aromatic N) is 2. The topological polar surface area (TPSA) is 96.0 Å². The molecule has 8 nitrogen and oxygen atoms in total. The third-order valence-corrected chi connectivity index (χ3v) is 8.46. The van der Waals surface area contributed by atoms with E-state index in [1.54, 1.807) is 55.3 Å². The molecule has 36 heavy (non-hydrogen) atoms. The Bertz CT molecular complexity index is 1120. The summed E-state index contributed by atoms with van der Waals surface area (Å²) in [5, 5.41) is 3.39. The molecule has 1 unspecified atom stereocenters. The summed E-state index contributed by atoms with van der Waals surface area (Å²) in [7, 11) is -1.92. The standard InChI is InChI=1S/C26H34ClN3O5S/c1-20(26(32)28-15-18-35-2)30(19-22-5-10-23(27)11-6-22)25(31)14-9-21-7-12-24(13-8-21)36(33,34)29-16-3-4-17-29/h5-8,10-13,20H,3-4,9,14-19H2,1-2H3,(H,28,32). The molecule has 0 aliphatic carbocycles. The Morgan fingerprint density at radius 3 is 2.28 bits per heavy atom. The lowest BCUT2D eigenvalue weighted by Gasteiger charge is -2.29. The summed E-state index contributed by atoms with van der Waals surface area (Å²) < 4.78 is 32.0. The number of aryl methyl sites for hydroxylation is 1. The third-order valence-electron chi connectivity index (χ3n) is 6.29. The minimum Gasteiger partial charge on any atom is -0.383 e. The maximum Gasteiger partial charge on any atom is 0.243 e. The van der Waals surface area contributed by atoms with E-state index in [-0.39, 0.29) is 29.7 Å². The number of hydrogen-bond acceptors (Lipinski definition) is 5. The molecule has 10 heteroatoms. The highest BCUT2D eigenvalue weighted by Crippen LogP contribution is 2.22. The molecule has 1 aliphatic rings. The van der Waals surface area contributed by atoms with Gasteiger partial charge < -0.3 is 15.0 Å². The highest BCUT2D eigenvalue weighted by molar-refractivity contribution is 7.89. The average Bonchev–Trinajstić information content (AvgIpc) is 3.43. The van der Waals surface area contributed by atoms with E-state index < -0.39 is 16.1 Å². The number of methoxy groups -OCH3 is 1. The molecule has 0 radical (unpaired) electrons. The monoisotopic (exact) mass is 535 g/mol. The molecule has 1 atom stereocenters. The quantitative estimate of drug-likeness (QED) is 0.421. The van der Waals surface area contributed by atoms with Crippen molar-refractivity contribution in [3.8, 4) is 0 Å². The summed E-state index contributed by atoms with van der Waals surface area (Å²) in [4.78, 5) is 27.8. The lowest BCUT2D eigenvalue weighted by atomic mass is 10.1. The van der Waals surface area contributed by atoms with Gasteiger partial charge in [-0.2, -0.15) is 4.31 Å². The molecule has 2 aromatic carbocycles. The second-order valence-corrected chi connectivity index (χ2v) is 11.2. The van der Waals surface area contributed by atoms with Crippen LogP contribution in [0.1, 0.15) is 37.3 Å². The molecule has 1 aliphatic heterocycles. The van der Waals surface area contributed by atoms with Crippen LogP contribution >= 0.6 is 11.6 Å². The van der Waals surface area contributed by atoms with E-state index in [4.69, 9.17) is 16.3 Å². The van der Waals surface area contributed by atoms with Gasteiger partial charge in [-0.1, -0.05) is 35.9 Å². The van der Waals surface area contributed by atoms with Gasteiger partial charge in [0.25, 0.3) is 0 Å². The van der Waals surface area contributed by atoms with Gasteiger partial charge in [0.05, 0.1) is 11.5 Å². The van der Waals surface area contributed by atoms with Gasteiger partial charge in [0.15, 0.2) is 0 Å². The van der Waals surface area contributed by atoms with Gasteiger partial charge in [-0.05, 0) is 61.6 Å². The highest BCUT2D eigenvalue weighted by atomic mass is 35.5. The number of ether oxygens (including phenoxy) is 1. The van der Waals surface area contributed by atoms with Crippen LogP contribution in [0, 0.1) is 0 Å². The number of nitrogens with one attached hydrogen (secondary N) is 1. The van der Waals surface area contributed by atoms with Crippen LogP contribution in [0.2, 0.25) is 5.02 Å². The Morgan fingerprint density at radius 2 is 1.67 bits per heavy atom. The van der Waals surface area contributed by atoms with Crippen LogP contribution in [0.5, 0.6) is 0 Å². The largest absolute Gasteiger partial charge is 0.383 e. The van der Waals surface area contributed by atoms with E-state index in [1.807, 2.05) is 12.1 Å². The first-order chi connectivity index (χ1) is 17.2. The second-order valence-electron chi connectivity index (χ2n) is 8.86.